The Bertz CT molecular complexity index is 649. The Hall–Kier alpha value is -1.70. The molecule has 0 aliphatic carbocycles. The molecule has 0 aliphatic heterocycles. The van der Waals surface area contributed by atoms with E-state index in [1.807, 2.05) is 31.2 Å². The van der Waals surface area contributed by atoms with Crippen LogP contribution in [0.25, 0.3) is 0 Å². The molecule has 1 atom stereocenters. The Morgan fingerprint density at radius 2 is 2.10 bits per heavy atom. The van der Waals surface area contributed by atoms with Gasteiger partial charge in [0, 0.05) is 22.6 Å². The zero-order chi connectivity index (χ0) is 14.5. The predicted octanol–water partition coefficient (Wildman–Crippen LogP) is 4.31. The van der Waals surface area contributed by atoms with Crippen LogP contribution in [0.5, 0.6) is 0 Å². The summed E-state index contributed by atoms with van der Waals surface area (Å²) in [6, 6.07) is 14.4. The molecule has 0 aliphatic rings. The second kappa shape index (κ2) is 6.65. The summed E-state index contributed by atoms with van der Waals surface area (Å²) in [5.41, 5.74) is 2.27. The van der Waals surface area contributed by atoms with Gasteiger partial charge in [-0.1, -0.05) is 34.1 Å². The molecule has 0 radical (unpaired) electrons. The molecule has 2 aromatic carbocycles. The molecule has 102 valence electrons. The van der Waals surface area contributed by atoms with Crippen LogP contribution < -0.4 is 5.32 Å². The van der Waals surface area contributed by atoms with Crippen molar-refractivity contribution in [3.63, 3.8) is 0 Å². The van der Waals surface area contributed by atoms with Crippen molar-refractivity contribution in [1.29, 1.82) is 5.26 Å². The zero-order valence-corrected chi connectivity index (χ0v) is 12.6. The lowest BCUT2D eigenvalue weighted by Crippen LogP contribution is -2.19. The van der Waals surface area contributed by atoms with Crippen molar-refractivity contribution in [3.8, 4) is 6.07 Å². The first-order chi connectivity index (χ1) is 9.60. The van der Waals surface area contributed by atoms with Crippen LogP contribution in [0.15, 0.2) is 46.9 Å². The normalized spacial score (nSPS) is 11.9. The van der Waals surface area contributed by atoms with Crippen LogP contribution in [-0.2, 0) is 6.54 Å². The highest BCUT2D eigenvalue weighted by atomic mass is 79.9. The molecule has 0 amide bonds. The quantitative estimate of drug-likeness (QED) is 0.905. The smallest absolute Gasteiger partial charge is 0.129 e. The van der Waals surface area contributed by atoms with E-state index in [0.717, 1.165) is 10.0 Å². The van der Waals surface area contributed by atoms with Gasteiger partial charge in [0.1, 0.15) is 5.82 Å². The van der Waals surface area contributed by atoms with Gasteiger partial charge in [0.15, 0.2) is 0 Å². The van der Waals surface area contributed by atoms with E-state index in [9.17, 15) is 4.39 Å². The van der Waals surface area contributed by atoms with Gasteiger partial charge in [0.25, 0.3) is 0 Å². The lowest BCUT2D eigenvalue weighted by atomic mass is 10.1. The third-order valence-electron chi connectivity index (χ3n) is 3.10. The number of benzene rings is 2. The molecule has 1 N–H and O–H groups in total. The lowest BCUT2D eigenvalue weighted by molar-refractivity contribution is 0.528. The van der Waals surface area contributed by atoms with Crippen LogP contribution in [0.2, 0.25) is 0 Å². The third-order valence-corrected chi connectivity index (χ3v) is 3.59. The molecular formula is C16H14BrFN2. The van der Waals surface area contributed by atoms with Gasteiger partial charge in [0.05, 0.1) is 11.6 Å². The van der Waals surface area contributed by atoms with Crippen molar-refractivity contribution in [2.24, 2.45) is 0 Å². The van der Waals surface area contributed by atoms with E-state index >= 15 is 0 Å². The predicted molar refractivity (Wildman–Crippen MR) is 80.5 cm³/mol. The Balaban J connectivity index is 2.04. The van der Waals surface area contributed by atoms with Crippen molar-refractivity contribution in [1.82, 2.24) is 5.32 Å². The number of hydrogen-bond donors (Lipinski definition) is 1. The molecule has 2 rings (SSSR count). The van der Waals surface area contributed by atoms with Crippen LogP contribution in [-0.4, -0.2) is 0 Å². The molecule has 0 heterocycles. The monoisotopic (exact) mass is 332 g/mol. The number of nitrogens with one attached hydrogen (secondary N) is 1. The fourth-order valence-electron chi connectivity index (χ4n) is 1.98. The Labute approximate surface area is 126 Å². The van der Waals surface area contributed by atoms with Crippen LogP contribution in [0.4, 0.5) is 4.39 Å². The summed E-state index contributed by atoms with van der Waals surface area (Å²) in [7, 11) is 0. The maximum absolute atomic E-state index is 13.8. The molecular weight excluding hydrogens is 319 g/mol. The minimum Gasteiger partial charge on any atom is -0.306 e. The second-order valence-corrected chi connectivity index (χ2v) is 5.50. The van der Waals surface area contributed by atoms with Crippen molar-refractivity contribution in [3.05, 3.63) is 69.4 Å². The van der Waals surface area contributed by atoms with Crippen LogP contribution in [0, 0.1) is 17.1 Å². The Morgan fingerprint density at radius 3 is 2.80 bits per heavy atom. The maximum Gasteiger partial charge on any atom is 0.129 e. The molecule has 2 nitrogen and oxygen atoms in total. The van der Waals surface area contributed by atoms with Gasteiger partial charge >= 0.3 is 0 Å². The SMILES string of the molecule is CC(NCc1cccc(C#N)c1)c1ccc(Br)cc1F. The van der Waals surface area contributed by atoms with Crippen molar-refractivity contribution >= 4 is 15.9 Å². The first-order valence-corrected chi connectivity index (χ1v) is 7.07. The summed E-state index contributed by atoms with van der Waals surface area (Å²) in [5, 5.41) is 12.1. The second-order valence-electron chi connectivity index (χ2n) is 4.58. The van der Waals surface area contributed by atoms with E-state index in [4.69, 9.17) is 5.26 Å². The lowest BCUT2D eigenvalue weighted by Gasteiger charge is -2.15. The van der Waals surface area contributed by atoms with Gasteiger partial charge in [-0.2, -0.15) is 5.26 Å². The number of nitriles is 1. The van der Waals surface area contributed by atoms with Crippen LogP contribution >= 0.6 is 15.9 Å². The van der Waals surface area contributed by atoms with Crippen LogP contribution in [0.1, 0.15) is 29.7 Å². The standard InChI is InChI=1S/C16H14BrFN2/c1-11(15-6-5-14(17)8-16(15)18)20-10-13-4-2-3-12(7-13)9-19/h2-8,11,20H,10H2,1H3. The van der Waals surface area contributed by atoms with E-state index in [2.05, 4.69) is 27.3 Å². The number of rotatable bonds is 4. The molecule has 0 aromatic heterocycles. The maximum atomic E-state index is 13.8. The van der Waals surface area contributed by atoms with Crippen molar-refractivity contribution in [2.45, 2.75) is 19.5 Å². The fourth-order valence-corrected chi connectivity index (χ4v) is 2.32. The topological polar surface area (TPSA) is 35.8 Å². The van der Waals surface area contributed by atoms with Gasteiger partial charge < -0.3 is 5.32 Å². The number of hydrogen-bond acceptors (Lipinski definition) is 2. The zero-order valence-electron chi connectivity index (χ0n) is 11.0. The van der Waals surface area contributed by atoms with Gasteiger partial charge in [-0.3, -0.25) is 0 Å². The summed E-state index contributed by atoms with van der Waals surface area (Å²) < 4.78 is 14.6. The number of nitrogens with zero attached hydrogens (tertiary/aromatic N) is 1. The first-order valence-electron chi connectivity index (χ1n) is 6.27. The van der Waals surface area contributed by atoms with E-state index in [1.165, 1.54) is 6.07 Å². The first kappa shape index (κ1) is 14.7. The van der Waals surface area contributed by atoms with E-state index in [-0.39, 0.29) is 11.9 Å². The highest BCUT2D eigenvalue weighted by molar-refractivity contribution is 9.10. The number of halogens is 2. The Morgan fingerprint density at radius 1 is 1.30 bits per heavy atom. The molecule has 4 heteroatoms. The van der Waals surface area contributed by atoms with Gasteiger partial charge in [-0.05, 0) is 36.8 Å². The minimum absolute atomic E-state index is 0.103. The minimum atomic E-state index is -0.231. The van der Waals surface area contributed by atoms with Crippen LogP contribution in [0.3, 0.4) is 0 Å². The van der Waals surface area contributed by atoms with E-state index in [0.29, 0.717) is 17.7 Å². The molecule has 0 spiro atoms. The van der Waals surface area contributed by atoms with Crippen molar-refractivity contribution < 1.29 is 4.39 Å². The average molecular weight is 333 g/mol. The largest absolute Gasteiger partial charge is 0.306 e. The van der Waals surface area contributed by atoms with E-state index in [1.54, 1.807) is 12.1 Å². The average Bonchev–Trinajstić information content (AvgIpc) is 2.45. The highest BCUT2D eigenvalue weighted by Crippen LogP contribution is 2.21. The summed E-state index contributed by atoms with van der Waals surface area (Å²) in [4.78, 5) is 0. The van der Waals surface area contributed by atoms with E-state index < -0.39 is 0 Å². The third kappa shape index (κ3) is 3.66. The van der Waals surface area contributed by atoms with Crippen molar-refractivity contribution in [2.75, 3.05) is 0 Å². The summed E-state index contributed by atoms with van der Waals surface area (Å²) in [6.45, 7) is 2.51. The fraction of sp³-hybridized carbons (Fsp3) is 0.188. The summed E-state index contributed by atoms with van der Waals surface area (Å²) in [6.07, 6.45) is 0. The summed E-state index contributed by atoms with van der Waals surface area (Å²) >= 11 is 3.25. The molecule has 0 saturated heterocycles. The van der Waals surface area contributed by atoms with Gasteiger partial charge in [-0.15, -0.1) is 0 Å². The Kier molecular flexibility index (Phi) is 4.89. The highest BCUT2D eigenvalue weighted by Gasteiger charge is 2.10. The molecule has 1 unspecified atom stereocenters. The molecule has 0 bridgehead atoms. The molecule has 2 aromatic rings. The van der Waals surface area contributed by atoms with Gasteiger partial charge in [0.2, 0.25) is 0 Å². The molecule has 0 saturated carbocycles. The molecule has 0 fully saturated rings. The van der Waals surface area contributed by atoms with Gasteiger partial charge in [-0.25, -0.2) is 4.39 Å². The summed E-state index contributed by atoms with van der Waals surface area (Å²) in [5.74, 6) is -0.231. The molecule has 20 heavy (non-hydrogen) atoms.